The van der Waals surface area contributed by atoms with Gasteiger partial charge in [0, 0.05) is 0 Å². The van der Waals surface area contributed by atoms with Crippen LogP contribution in [0.1, 0.15) is 121 Å². The Kier molecular flexibility index (Phi) is 13.8. The minimum absolute atomic E-state index is 0.863. The smallest absolute Gasteiger partial charge is 0.303 e. The van der Waals surface area contributed by atoms with E-state index < -0.39 is 0 Å². The van der Waals surface area contributed by atoms with E-state index in [1.165, 1.54) is 79.2 Å². The number of benzene rings is 2. The Morgan fingerprint density at radius 3 is 2.06 bits per heavy atom. The molecule has 2 aromatic carbocycles. The average Bonchev–Trinajstić information content (AvgIpc) is 2.88. The van der Waals surface area contributed by atoms with Gasteiger partial charge in [-0.15, -0.1) is 4.79 Å². The summed E-state index contributed by atoms with van der Waals surface area (Å²) in [6.45, 7) is 8.85. The van der Waals surface area contributed by atoms with Crippen molar-refractivity contribution < 1.29 is 4.79 Å². The molecule has 188 valence electrons. The molecule has 0 N–H and O–H groups in total. The molecule has 0 aromatic heterocycles. The molecule has 0 aliphatic carbocycles. The van der Waals surface area contributed by atoms with Crippen molar-refractivity contribution in [1.82, 2.24) is 0 Å². The third-order valence-corrected chi connectivity index (χ3v) is 6.89. The largest absolute Gasteiger partial charge is 0.348 e. The maximum Gasteiger partial charge on any atom is 0.303 e. The maximum absolute atomic E-state index is 9.31. The number of unbranched alkanes of at least 4 members (excludes halogenated alkanes) is 7. The van der Waals surface area contributed by atoms with Crippen molar-refractivity contribution in [2.75, 3.05) is 0 Å². The van der Waals surface area contributed by atoms with Crippen LogP contribution in [0.15, 0.2) is 59.7 Å². The zero-order chi connectivity index (χ0) is 25.3. The van der Waals surface area contributed by atoms with Crippen LogP contribution in [-0.4, -0.2) is 10.7 Å². The summed E-state index contributed by atoms with van der Waals surface area (Å²) in [5, 5.41) is 0. The summed E-state index contributed by atoms with van der Waals surface area (Å²) in [6, 6.07) is 18.1. The van der Waals surface area contributed by atoms with Gasteiger partial charge in [-0.25, -0.2) is 0 Å². The Balaban J connectivity index is 2.38. The van der Waals surface area contributed by atoms with E-state index in [2.05, 4.69) is 86.9 Å². The maximum atomic E-state index is 9.31. The molecule has 0 saturated carbocycles. The molecular weight excluding hydrogens is 424 g/mol. The van der Waals surface area contributed by atoms with Crippen LogP contribution in [0.4, 0.5) is 0 Å². The molecule has 2 rings (SSSR count). The summed E-state index contributed by atoms with van der Waals surface area (Å²) in [4.78, 5) is 3.29. The van der Waals surface area contributed by atoms with Crippen LogP contribution in [0.25, 0.3) is 11.1 Å². The third-order valence-electron chi connectivity index (χ3n) is 6.89. The highest BCUT2D eigenvalue weighted by atomic mass is 14.8. The van der Waals surface area contributed by atoms with E-state index in [1.807, 2.05) is 0 Å². The fraction of sp³-hybridized carbons (Fsp3) is 0.515. The van der Waals surface area contributed by atoms with Gasteiger partial charge in [-0.1, -0.05) is 114 Å². The molecule has 2 nitrogen and oxygen atoms in total. The van der Waals surface area contributed by atoms with E-state index in [0.717, 1.165) is 43.3 Å². The highest BCUT2D eigenvalue weighted by molar-refractivity contribution is 5.86. The Bertz CT molecular complexity index is 1000. The van der Waals surface area contributed by atoms with E-state index in [4.69, 9.17) is 0 Å². The summed E-state index contributed by atoms with van der Waals surface area (Å²) in [5.41, 5.74) is 17.9. The van der Waals surface area contributed by atoms with E-state index in [0.29, 0.717) is 0 Å². The molecule has 0 fully saturated rings. The van der Waals surface area contributed by atoms with Crippen LogP contribution < -0.4 is 0 Å². The molecule has 0 saturated heterocycles. The lowest BCUT2D eigenvalue weighted by Gasteiger charge is -2.16. The standard InChI is InChI=1S/C33H46N2/c1-5-8-11-12-13-14-17-28-21-23-30(24-22-28)33(27(4)32(26-35-34)19-10-7-3)31-20-15-18-29(25-31)16-9-6-2/h15,18,20-25H,5-14,16-17,19H2,1-4H3. The van der Waals surface area contributed by atoms with Crippen molar-refractivity contribution in [1.29, 1.82) is 0 Å². The second-order valence-corrected chi connectivity index (χ2v) is 9.81. The molecule has 0 heterocycles. The van der Waals surface area contributed by atoms with Gasteiger partial charge in [-0.05, 0) is 78.8 Å². The summed E-state index contributed by atoms with van der Waals surface area (Å²) in [5.74, 6) is 2.89. The molecular formula is C33H46N2. The predicted octanol–water partition coefficient (Wildman–Crippen LogP) is 9.77. The summed E-state index contributed by atoms with van der Waals surface area (Å²) in [7, 11) is 0. The van der Waals surface area contributed by atoms with Crippen LogP contribution in [0.5, 0.6) is 0 Å². The van der Waals surface area contributed by atoms with Gasteiger partial charge in [0.25, 0.3) is 0 Å². The van der Waals surface area contributed by atoms with Crippen LogP contribution in [0.2, 0.25) is 0 Å². The Morgan fingerprint density at radius 2 is 1.37 bits per heavy atom. The zero-order valence-corrected chi connectivity index (χ0v) is 22.7. The minimum atomic E-state index is 0.863. The van der Waals surface area contributed by atoms with Crippen LogP contribution in [0, 0.1) is 0 Å². The van der Waals surface area contributed by atoms with E-state index >= 15 is 0 Å². The first-order valence-corrected chi connectivity index (χ1v) is 14.0. The molecule has 0 aliphatic rings. The fourth-order valence-corrected chi connectivity index (χ4v) is 4.70. The average molecular weight is 471 g/mol. The van der Waals surface area contributed by atoms with E-state index in [9.17, 15) is 5.53 Å². The van der Waals surface area contributed by atoms with Crippen molar-refractivity contribution in [2.45, 2.75) is 111 Å². The Morgan fingerprint density at radius 1 is 0.714 bits per heavy atom. The SMILES string of the molecule is CCCCCCCCc1ccc(C(=C(C)C(=C=[N+]=[N-])CCCC)c2cccc(CCCC)c2)cc1. The van der Waals surface area contributed by atoms with Crippen molar-refractivity contribution >= 4 is 11.4 Å². The molecule has 0 radical (unpaired) electrons. The number of hydrogen-bond donors (Lipinski definition) is 0. The summed E-state index contributed by atoms with van der Waals surface area (Å²) in [6.07, 6.45) is 15.6. The second kappa shape index (κ2) is 16.9. The van der Waals surface area contributed by atoms with Gasteiger partial charge in [-0.2, -0.15) is 0 Å². The summed E-state index contributed by atoms with van der Waals surface area (Å²) < 4.78 is 0. The lowest BCUT2D eigenvalue weighted by atomic mass is 9.87. The Labute approximate surface area is 214 Å². The first-order valence-electron chi connectivity index (χ1n) is 14.0. The molecule has 0 amide bonds. The molecule has 0 spiro atoms. The van der Waals surface area contributed by atoms with Crippen LogP contribution in [-0.2, 0) is 12.8 Å². The van der Waals surface area contributed by atoms with Gasteiger partial charge in [0.05, 0.1) is 5.57 Å². The highest BCUT2D eigenvalue weighted by Crippen LogP contribution is 2.32. The number of allylic oxidation sites excluding steroid dienone is 2. The fourth-order valence-electron chi connectivity index (χ4n) is 4.70. The Hall–Kier alpha value is -2.66. The molecule has 0 unspecified atom stereocenters. The molecule has 0 aliphatic heterocycles. The second-order valence-electron chi connectivity index (χ2n) is 9.81. The van der Waals surface area contributed by atoms with Crippen LogP contribution in [0.3, 0.4) is 0 Å². The predicted molar refractivity (Wildman–Crippen MR) is 152 cm³/mol. The zero-order valence-electron chi connectivity index (χ0n) is 22.7. The van der Waals surface area contributed by atoms with Crippen molar-refractivity contribution in [2.24, 2.45) is 0 Å². The number of rotatable bonds is 16. The van der Waals surface area contributed by atoms with Gasteiger partial charge in [0.15, 0.2) is 0 Å². The first-order chi connectivity index (χ1) is 17.1. The monoisotopic (exact) mass is 470 g/mol. The van der Waals surface area contributed by atoms with Gasteiger partial charge < -0.3 is 5.53 Å². The molecule has 0 bridgehead atoms. The van der Waals surface area contributed by atoms with Gasteiger partial charge in [0.2, 0.25) is 0 Å². The van der Waals surface area contributed by atoms with Gasteiger partial charge in [0.1, 0.15) is 0 Å². The van der Waals surface area contributed by atoms with Crippen molar-refractivity contribution in [3.05, 3.63) is 87.5 Å². The number of aryl methyl sites for hydroxylation is 2. The highest BCUT2D eigenvalue weighted by Gasteiger charge is 2.15. The molecule has 35 heavy (non-hydrogen) atoms. The third kappa shape index (κ3) is 9.85. The number of hydrogen-bond acceptors (Lipinski definition) is 0. The number of nitrogens with zero attached hydrogens (tertiary/aromatic N) is 2. The van der Waals surface area contributed by atoms with Crippen molar-refractivity contribution in [3.63, 3.8) is 0 Å². The topological polar surface area (TPSA) is 36.4 Å². The summed E-state index contributed by atoms with van der Waals surface area (Å²) >= 11 is 0. The first kappa shape index (κ1) is 28.6. The van der Waals surface area contributed by atoms with Gasteiger partial charge in [-0.3, -0.25) is 0 Å². The molecule has 2 aromatic rings. The van der Waals surface area contributed by atoms with Crippen LogP contribution >= 0.6 is 0 Å². The lowest BCUT2D eigenvalue weighted by molar-refractivity contribution is 0.00741. The molecule has 2 heteroatoms. The van der Waals surface area contributed by atoms with Crippen molar-refractivity contribution in [3.8, 4) is 0 Å². The molecule has 0 atom stereocenters. The van der Waals surface area contributed by atoms with E-state index in [-0.39, 0.29) is 0 Å². The van der Waals surface area contributed by atoms with E-state index in [1.54, 1.807) is 0 Å². The lowest BCUT2D eigenvalue weighted by Crippen LogP contribution is -1.99. The normalized spacial score (nSPS) is 11.5. The quantitative estimate of drug-likeness (QED) is 0.0769. The van der Waals surface area contributed by atoms with Gasteiger partial charge >= 0.3 is 5.87 Å². The minimum Gasteiger partial charge on any atom is -0.348 e.